The average molecular weight is 533 g/mol. The molecule has 12 heteroatoms. The summed E-state index contributed by atoms with van der Waals surface area (Å²) in [6.45, 7) is 5.03. The van der Waals surface area contributed by atoms with Gasteiger partial charge in [0.1, 0.15) is 23.3 Å². The fraction of sp³-hybridized carbons (Fsp3) is 0.222. The number of carbonyl (C=O) groups excluding carboxylic acids is 1. The summed E-state index contributed by atoms with van der Waals surface area (Å²) in [6, 6.07) is 9.36. The van der Waals surface area contributed by atoms with E-state index in [0.717, 1.165) is 12.2 Å². The second kappa shape index (κ2) is 11.7. The number of aromatic nitrogens is 4. The first-order chi connectivity index (χ1) is 18.7. The van der Waals surface area contributed by atoms with Crippen molar-refractivity contribution in [3.05, 3.63) is 77.7 Å². The van der Waals surface area contributed by atoms with Gasteiger partial charge in [-0.25, -0.2) is 9.37 Å². The van der Waals surface area contributed by atoms with Crippen LogP contribution in [0.2, 0.25) is 0 Å². The summed E-state index contributed by atoms with van der Waals surface area (Å²) < 4.78 is 21.1. The fourth-order valence-corrected chi connectivity index (χ4v) is 3.84. The minimum Gasteiger partial charge on any atom is -0.494 e. The number of ether oxygens (including phenoxy) is 1. The van der Waals surface area contributed by atoms with Crippen molar-refractivity contribution < 1.29 is 13.9 Å². The molecule has 0 aliphatic carbocycles. The number of carbonyl (C=O) groups is 1. The number of nitrogens with zero attached hydrogens (tertiary/aromatic N) is 6. The number of amides is 1. The molecule has 2 N–H and O–H groups in total. The van der Waals surface area contributed by atoms with Gasteiger partial charge in [-0.3, -0.25) is 14.2 Å². The Hall–Kier alpha value is -4.84. The van der Waals surface area contributed by atoms with Crippen molar-refractivity contribution >= 4 is 40.0 Å². The van der Waals surface area contributed by atoms with Crippen LogP contribution in [0.15, 0.2) is 66.4 Å². The predicted molar refractivity (Wildman–Crippen MR) is 150 cm³/mol. The van der Waals surface area contributed by atoms with Crippen LogP contribution in [0.3, 0.4) is 0 Å². The Morgan fingerprint density at radius 2 is 1.95 bits per heavy atom. The van der Waals surface area contributed by atoms with Crippen LogP contribution in [-0.2, 0) is 4.79 Å². The number of benzene rings is 2. The number of hydrogen-bond donors (Lipinski definition) is 2. The van der Waals surface area contributed by atoms with E-state index >= 15 is 0 Å². The van der Waals surface area contributed by atoms with Crippen LogP contribution in [0.25, 0.3) is 16.7 Å². The third-order valence-corrected chi connectivity index (χ3v) is 5.91. The molecule has 0 saturated carbocycles. The normalized spacial score (nSPS) is 10.9. The monoisotopic (exact) mass is 532 g/mol. The minimum atomic E-state index is -0.513. The number of likely N-dealkylation sites (N-methyl/N-ethyl adjacent to an activating group) is 2. The lowest BCUT2D eigenvalue weighted by molar-refractivity contribution is -0.111. The first-order valence-corrected chi connectivity index (χ1v) is 12.0. The summed E-state index contributed by atoms with van der Waals surface area (Å²) in [7, 11) is 7.41. The molecule has 4 aromatic rings. The van der Waals surface area contributed by atoms with Gasteiger partial charge in [0.15, 0.2) is 5.65 Å². The molecule has 0 aliphatic heterocycles. The van der Waals surface area contributed by atoms with E-state index in [0.29, 0.717) is 29.4 Å². The molecule has 0 aliphatic rings. The van der Waals surface area contributed by atoms with Gasteiger partial charge < -0.3 is 25.2 Å². The van der Waals surface area contributed by atoms with Crippen LogP contribution < -0.4 is 25.8 Å². The Labute approximate surface area is 224 Å². The third kappa shape index (κ3) is 6.18. The lowest BCUT2D eigenvalue weighted by atomic mass is 10.2. The second-order valence-electron chi connectivity index (χ2n) is 8.94. The average Bonchev–Trinajstić information content (AvgIpc) is 2.92. The zero-order valence-electron chi connectivity index (χ0n) is 22.1. The first-order valence-electron chi connectivity index (χ1n) is 12.0. The maximum atomic E-state index is 13.9. The third-order valence-electron chi connectivity index (χ3n) is 5.91. The van der Waals surface area contributed by atoms with Gasteiger partial charge in [0.2, 0.25) is 11.9 Å². The smallest absolute Gasteiger partial charge is 0.283 e. The molecule has 0 unspecified atom stereocenters. The highest BCUT2D eigenvalue weighted by Crippen LogP contribution is 2.38. The van der Waals surface area contributed by atoms with E-state index in [4.69, 9.17) is 4.74 Å². The number of nitrogens with one attached hydrogen (secondary N) is 2. The van der Waals surface area contributed by atoms with Gasteiger partial charge in [-0.15, -0.1) is 0 Å². The van der Waals surface area contributed by atoms with Crippen LogP contribution in [0.5, 0.6) is 5.75 Å². The van der Waals surface area contributed by atoms with E-state index in [-0.39, 0.29) is 22.9 Å². The van der Waals surface area contributed by atoms with E-state index in [1.807, 2.05) is 26.0 Å². The molecule has 0 fully saturated rings. The number of hydrogen-bond acceptors (Lipinski definition) is 9. The van der Waals surface area contributed by atoms with Crippen molar-refractivity contribution in [3.8, 4) is 11.4 Å². The molecule has 0 saturated heterocycles. The van der Waals surface area contributed by atoms with E-state index in [1.54, 1.807) is 24.3 Å². The summed E-state index contributed by atoms with van der Waals surface area (Å²) in [5.74, 6) is -0.200. The van der Waals surface area contributed by atoms with Crippen LogP contribution in [0.1, 0.15) is 0 Å². The molecule has 0 spiro atoms. The largest absolute Gasteiger partial charge is 0.494 e. The Balaban J connectivity index is 1.78. The number of rotatable bonds is 10. The number of halogens is 1. The molecule has 4 rings (SSSR count). The van der Waals surface area contributed by atoms with E-state index in [1.165, 1.54) is 42.4 Å². The van der Waals surface area contributed by atoms with Crippen molar-refractivity contribution in [3.63, 3.8) is 0 Å². The Kier molecular flexibility index (Phi) is 8.15. The Bertz CT molecular complexity index is 1590. The molecule has 2 aromatic heterocycles. The van der Waals surface area contributed by atoms with Crippen LogP contribution in [0.4, 0.5) is 27.4 Å². The lowest BCUT2D eigenvalue weighted by Crippen LogP contribution is -2.29. The summed E-state index contributed by atoms with van der Waals surface area (Å²) in [4.78, 5) is 41.4. The molecule has 2 aromatic carbocycles. The maximum Gasteiger partial charge on any atom is 0.283 e. The zero-order chi connectivity index (χ0) is 28.1. The lowest BCUT2D eigenvalue weighted by Gasteiger charge is -2.26. The Morgan fingerprint density at radius 1 is 1.15 bits per heavy atom. The van der Waals surface area contributed by atoms with E-state index in [2.05, 4.69) is 37.1 Å². The van der Waals surface area contributed by atoms with E-state index < -0.39 is 11.4 Å². The maximum absolute atomic E-state index is 13.9. The molecular formula is C27H29FN8O3. The highest BCUT2D eigenvalue weighted by molar-refractivity contribution is 6.02. The molecule has 39 heavy (non-hydrogen) atoms. The molecular weight excluding hydrogens is 503 g/mol. The van der Waals surface area contributed by atoms with Gasteiger partial charge in [-0.05, 0) is 44.4 Å². The van der Waals surface area contributed by atoms with Crippen molar-refractivity contribution in [2.24, 2.45) is 0 Å². The van der Waals surface area contributed by atoms with Crippen molar-refractivity contribution in [1.29, 1.82) is 0 Å². The first kappa shape index (κ1) is 27.2. The van der Waals surface area contributed by atoms with Gasteiger partial charge in [0.25, 0.3) is 5.56 Å². The fourth-order valence-electron chi connectivity index (χ4n) is 3.84. The summed E-state index contributed by atoms with van der Waals surface area (Å²) in [6.07, 6.45) is 3.83. The SMILES string of the molecule is C=CC(=O)Nc1cc(Nc2ncc3c(=O)ncn(-c4cccc(F)c4)c3n2)c(OC)cc1N(C)CCN(C)C. The van der Waals surface area contributed by atoms with Crippen LogP contribution >= 0.6 is 0 Å². The summed E-state index contributed by atoms with van der Waals surface area (Å²) in [5, 5.41) is 6.12. The van der Waals surface area contributed by atoms with Crippen molar-refractivity contribution in [2.45, 2.75) is 0 Å². The van der Waals surface area contributed by atoms with E-state index in [9.17, 15) is 14.0 Å². The van der Waals surface area contributed by atoms with Gasteiger partial charge in [0, 0.05) is 32.4 Å². The summed E-state index contributed by atoms with van der Waals surface area (Å²) >= 11 is 0. The molecule has 0 bridgehead atoms. The van der Waals surface area contributed by atoms with Gasteiger partial charge in [-0.1, -0.05) is 12.6 Å². The molecule has 11 nitrogen and oxygen atoms in total. The quantitative estimate of drug-likeness (QED) is 0.297. The number of methoxy groups -OCH3 is 1. The van der Waals surface area contributed by atoms with Crippen molar-refractivity contribution in [1.82, 2.24) is 24.4 Å². The van der Waals surface area contributed by atoms with Gasteiger partial charge >= 0.3 is 0 Å². The minimum absolute atomic E-state index is 0.145. The molecule has 0 radical (unpaired) electrons. The second-order valence-corrected chi connectivity index (χ2v) is 8.94. The molecule has 1 amide bonds. The molecule has 2 heterocycles. The Morgan fingerprint density at radius 3 is 2.64 bits per heavy atom. The topological polar surface area (TPSA) is 118 Å². The predicted octanol–water partition coefficient (Wildman–Crippen LogP) is 3.19. The highest BCUT2D eigenvalue weighted by atomic mass is 19.1. The number of anilines is 4. The number of fused-ring (bicyclic) bond motifs is 1. The molecule has 0 atom stereocenters. The summed E-state index contributed by atoms with van der Waals surface area (Å²) in [5.41, 5.74) is 1.88. The van der Waals surface area contributed by atoms with Gasteiger partial charge in [0.05, 0.1) is 29.9 Å². The zero-order valence-corrected chi connectivity index (χ0v) is 22.1. The molecule has 202 valence electrons. The van der Waals surface area contributed by atoms with Crippen molar-refractivity contribution in [2.75, 3.05) is 56.9 Å². The standard InChI is InChI=1S/C27H29FN8O3/c1-6-24(37)31-20-13-21(23(39-5)14-22(20)35(4)11-10-34(2)3)32-27-29-15-19-25(33-27)36(16-30-26(19)38)18-9-7-8-17(28)12-18/h6-9,12-16H,1,10-11H2,2-5H3,(H,31,37)(H,29,32,33). The van der Waals surface area contributed by atoms with Gasteiger partial charge in [-0.2, -0.15) is 9.97 Å². The van der Waals surface area contributed by atoms with Crippen LogP contribution in [0, 0.1) is 5.82 Å². The highest BCUT2D eigenvalue weighted by Gasteiger charge is 2.17. The van der Waals surface area contributed by atoms with Crippen LogP contribution in [-0.4, -0.2) is 71.7 Å².